The van der Waals surface area contributed by atoms with E-state index in [-0.39, 0.29) is 42.2 Å². The van der Waals surface area contributed by atoms with Gasteiger partial charge in [-0.1, -0.05) is 75.7 Å². The number of carbonyl (C=O) groups excluding carboxylic acids is 2. The zero-order chi connectivity index (χ0) is 34.3. The van der Waals surface area contributed by atoms with Gasteiger partial charge in [-0.3, -0.25) is 9.59 Å². The Hall–Kier alpha value is -4.27. The van der Waals surface area contributed by atoms with E-state index in [1.807, 2.05) is 74.5 Å². The van der Waals surface area contributed by atoms with Gasteiger partial charge in [0.25, 0.3) is 5.91 Å². The molecule has 4 aromatic rings. The Morgan fingerprint density at radius 2 is 1.58 bits per heavy atom. The van der Waals surface area contributed by atoms with Gasteiger partial charge in [0, 0.05) is 29.9 Å². The number of para-hydroxylation sites is 1. The molecule has 0 bridgehead atoms. The largest absolute Gasteiger partial charge is 0.466 e. The molecule has 0 unspecified atom stereocenters. The van der Waals surface area contributed by atoms with E-state index in [1.165, 1.54) is 12.1 Å². The molecule has 2 atom stereocenters. The van der Waals surface area contributed by atoms with Crippen LogP contribution >= 0.6 is 0 Å². The molecule has 0 aliphatic carbocycles. The quantitative estimate of drug-likeness (QED) is 0.115. The van der Waals surface area contributed by atoms with Gasteiger partial charge >= 0.3 is 5.97 Å². The number of hydrogen-bond donors (Lipinski definition) is 1. The number of amides is 1. The number of hydrogen-bond acceptors (Lipinski definition) is 5. The number of nitrogens with zero attached hydrogens (tertiary/aromatic N) is 1. The Kier molecular flexibility index (Phi) is 11.5. The van der Waals surface area contributed by atoms with Crippen LogP contribution in [0.1, 0.15) is 88.7 Å². The summed E-state index contributed by atoms with van der Waals surface area (Å²) in [6, 6.07) is 25.7. The SMILES string of the molecule is CCCCOC(=O)C[C@H]1C[C@@H](CCn2c(-c3ccc(F)cc3)c(-c3ccccc3)c(C(=O)Nc3ccccc3)c2C(C)C)OC(C)(C)O1. The lowest BCUT2D eigenvalue weighted by atomic mass is 9.94. The smallest absolute Gasteiger partial charge is 0.308 e. The summed E-state index contributed by atoms with van der Waals surface area (Å²) in [4.78, 5) is 26.9. The third kappa shape index (κ3) is 8.60. The summed E-state index contributed by atoms with van der Waals surface area (Å²) in [5.41, 5.74) is 5.48. The molecule has 3 aromatic carbocycles. The Balaban J connectivity index is 1.57. The highest BCUT2D eigenvalue weighted by atomic mass is 19.1. The number of nitrogens with one attached hydrogen (secondary N) is 1. The van der Waals surface area contributed by atoms with Crippen LogP contribution in [0.4, 0.5) is 10.1 Å². The van der Waals surface area contributed by atoms with E-state index in [2.05, 4.69) is 30.7 Å². The third-order valence-electron chi connectivity index (χ3n) is 8.55. The maximum Gasteiger partial charge on any atom is 0.308 e. The number of unbranched alkanes of at least 4 members (excludes halogenated alkanes) is 1. The van der Waals surface area contributed by atoms with Gasteiger partial charge in [-0.2, -0.15) is 0 Å². The van der Waals surface area contributed by atoms with E-state index in [1.54, 1.807) is 12.1 Å². The van der Waals surface area contributed by atoms with Crippen molar-refractivity contribution in [3.63, 3.8) is 0 Å². The normalized spacial score (nSPS) is 17.3. The first-order valence-corrected chi connectivity index (χ1v) is 17.0. The molecule has 7 nitrogen and oxygen atoms in total. The first-order chi connectivity index (χ1) is 23.1. The Morgan fingerprint density at radius 1 is 0.938 bits per heavy atom. The summed E-state index contributed by atoms with van der Waals surface area (Å²) in [5, 5.41) is 3.13. The average Bonchev–Trinajstić information content (AvgIpc) is 3.40. The fraction of sp³-hybridized carbons (Fsp3) is 0.400. The summed E-state index contributed by atoms with van der Waals surface area (Å²) in [7, 11) is 0. The van der Waals surface area contributed by atoms with Crippen LogP contribution in [0.3, 0.4) is 0 Å². The first kappa shape index (κ1) is 35.0. The number of ether oxygens (including phenoxy) is 3. The minimum absolute atomic E-state index is 0.0316. The Bertz CT molecular complexity index is 1670. The molecule has 1 saturated heterocycles. The van der Waals surface area contributed by atoms with Gasteiger partial charge in [0.05, 0.1) is 36.5 Å². The Labute approximate surface area is 283 Å². The lowest BCUT2D eigenvalue weighted by Gasteiger charge is -2.40. The van der Waals surface area contributed by atoms with E-state index < -0.39 is 5.79 Å². The number of aromatic nitrogens is 1. The molecule has 1 aromatic heterocycles. The third-order valence-corrected chi connectivity index (χ3v) is 8.55. The van der Waals surface area contributed by atoms with Crippen LogP contribution < -0.4 is 5.32 Å². The van der Waals surface area contributed by atoms with Crippen molar-refractivity contribution in [1.29, 1.82) is 0 Å². The molecular formula is C40H47FN2O5. The second-order valence-electron chi connectivity index (χ2n) is 13.2. The molecule has 0 radical (unpaired) electrons. The predicted octanol–water partition coefficient (Wildman–Crippen LogP) is 9.37. The van der Waals surface area contributed by atoms with Crippen LogP contribution in [0.2, 0.25) is 0 Å². The molecular weight excluding hydrogens is 607 g/mol. The molecule has 0 saturated carbocycles. The van der Waals surface area contributed by atoms with Crippen molar-refractivity contribution in [3.8, 4) is 22.4 Å². The highest BCUT2D eigenvalue weighted by molar-refractivity contribution is 6.12. The van der Waals surface area contributed by atoms with Gasteiger partial charge in [-0.25, -0.2) is 4.39 Å². The van der Waals surface area contributed by atoms with Gasteiger partial charge in [0.15, 0.2) is 5.79 Å². The van der Waals surface area contributed by atoms with Crippen molar-refractivity contribution in [3.05, 3.63) is 102 Å². The molecule has 0 spiro atoms. The van der Waals surface area contributed by atoms with E-state index in [0.717, 1.165) is 40.9 Å². The van der Waals surface area contributed by atoms with Crippen molar-refractivity contribution in [1.82, 2.24) is 4.57 Å². The van der Waals surface area contributed by atoms with Gasteiger partial charge < -0.3 is 24.1 Å². The number of carbonyl (C=O) groups is 2. The second-order valence-corrected chi connectivity index (χ2v) is 13.2. The van der Waals surface area contributed by atoms with E-state index in [0.29, 0.717) is 37.2 Å². The van der Waals surface area contributed by atoms with Crippen LogP contribution in [-0.4, -0.2) is 41.0 Å². The van der Waals surface area contributed by atoms with Gasteiger partial charge in [-0.05, 0) is 80.1 Å². The van der Waals surface area contributed by atoms with Gasteiger partial charge in [0.2, 0.25) is 0 Å². The molecule has 1 fully saturated rings. The maximum absolute atomic E-state index is 14.3. The lowest BCUT2D eigenvalue weighted by molar-refractivity contribution is -0.300. The highest BCUT2D eigenvalue weighted by Gasteiger charge is 2.37. The van der Waals surface area contributed by atoms with Gasteiger partial charge in [0.1, 0.15) is 5.82 Å². The molecule has 8 heteroatoms. The summed E-state index contributed by atoms with van der Waals surface area (Å²) >= 11 is 0. The molecule has 5 rings (SSSR count). The van der Waals surface area contributed by atoms with Crippen molar-refractivity contribution in [2.24, 2.45) is 0 Å². The Morgan fingerprint density at radius 3 is 2.23 bits per heavy atom. The van der Waals surface area contributed by atoms with Crippen molar-refractivity contribution >= 4 is 17.6 Å². The zero-order valence-electron chi connectivity index (χ0n) is 28.6. The van der Waals surface area contributed by atoms with E-state index in [9.17, 15) is 14.0 Å². The minimum atomic E-state index is -0.884. The van der Waals surface area contributed by atoms with Crippen molar-refractivity contribution in [2.45, 2.75) is 97.2 Å². The van der Waals surface area contributed by atoms with Gasteiger partial charge in [-0.15, -0.1) is 0 Å². The summed E-state index contributed by atoms with van der Waals surface area (Å²) in [5.74, 6) is -1.73. The van der Waals surface area contributed by atoms with Crippen LogP contribution in [0.25, 0.3) is 22.4 Å². The molecule has 2 heterocycles. The highest BCUT2D eigenvalue weighted by Crippen LogP contribution is 2.43. The van der Waals surface area contributed by atoms with Crippen LogP contribution in [0, 0.1) is 5.82 Å². The fourth-order valence-corrected chi connectivity index (χ4v) is 6.58. The predicted molar refractivity (Wildman–Crippen MR) is 187 cm³/mol. The molecule has 1 N–H and O–H groups in total. The summed E-state index contributed by atoms with van der Waals surface area (Å²) < 4.78 is 34.4. The monoisotopic (exact) mass is 654 g/mol. The number of anilines is 1. The number of rotatable bonds is 13. The maximum atomic E-state index is 14.3. The fourth-order valence-electron chi connectivity index (χ4n) is 6.58. The number of halogens is 1. The van der Waals surface area contributed by atoms with E-state index in [4.69, 9.17) is 14.2 Å². The minimum Gasteiger partial charge on any atom is -0.466 e. The molecule has 1 amide bonds. The standard InChI is InChI=1S/C40H47FN2O5/c1-6-7-24-46-34(44)26-33-25-32(47-40(4,5)48-33)22-23-43-37(27(2)3)36(39(45)42-31-16-12-9-13-17-31)35(28-14-10-8-11-15-28)38(43)29-18-20-30(41)21-19-29/h8-21,27,32-33H,6-7,22-26H2,1-5H3,(H,42,45)/t32-,33-/m1/s1. The molecule has 48 heavy (non-hydrogen) atoms. The summed E-state index contributed by atoms with van der Waals surface area (Å²) in [6.45, 7) is 10.9. The van der Waals surface area contributed by atoms with Crippen LogP contribution in [0.5, 0.6) is 0 Å². The van der Waals surface area contributed by atoms with Crippen molar-refractivity contribution < 1.29 is 28.2 Å². The molecule has 1 aliphatic rings. The van der Waals surface area contributed by atoms with Crippen molar-refractivity contribution in [2.75, 3.05) is 11.9 Å². The van der Waals surface area contributed by atoms with E-state index >= 15 is 0 Å². The lowest BCUT2D eigenvalue weighted by Crippen LogP contribution is -2.45. The number of esters is 1. The molecule has 254 valence electrons. The zero-order valence-corrected chi connectivity index (χ0v) is 28.6. The topological polar surface area (TPSA) is 78.8 Å². The first-order valence-electron chi connectivity index (χ1n) is 17.0. The molecule has 1 aliphatic heterocycles. The average molecular weight is 655 g/mol. The van der Waals surface area contributed by atoms with Crippen LogP contribution in [0.15, 0.2) is 84.9 Å². The number of benzene rings is 3. The second kappa shape index (κ2) is 15.8. The van der Waals surface area contributed by atoms with Crippen LogP contribution in [-0.2, 0) is 25.5 Å². The summed E-state index contributed by atoms with van der Waals surface area (Å²) in [6.07, 6.45) is 2.52.